The molecule has 0 amide bonds. The molecule has 0 saturated heterocycles. The highest BCUT2D eigenvalue weighted by Gasteiger charge is 2.21. The molecular weight excluding hydrogens is 230 g/mol. The molecule has 0 bridgehead atoms. The van der Waals surface area contributed by atoms with Crippen molar-refractivity contribution in [1.82, 2.24) is 0 Å². The first-order valence-corrected chi connectivity index (χ1v) is 5.35. The van der Waals surface area contributed by atoms with Gasteiger partial charge in [0.1, 0.15) is 0 Å². The Kier molecular flexibility index (Phi) is 3.38. The largest absolute Gasteiger partial charge is 0.371 e. The fraction of sp³-hybridized carbons (Fsp3) is 0.250. The summed E-state index contributed by atoms with van der Waals surface area (Å²) < 4.78 is 53.7. The predicted molar refractivity (Wildman–Crippen MR) is 47.9 cm³/mol. The summed E-state index contributed by atoms with van der Waals surface area (Å²) in [7, 11) is -4.62. The normalized spacial score (nSPS) is 14.2. The van der Waals surface area contributed by atoms with Gasteiger partial charge in [-0.25, -0.2) is 8.78 Å². The Morgan fingerprint density at radius 3 is 1.80 bits per heavy atom. The van der Waals surface area contributed by atoms with Crippen LogP contribution in [0.15, 0.2) is 24.3 Å². The average Bonchev–Trinajstić information content (AvgIpc) is 2.15. The molecule has 0 radical (unpaired) electrons. The lowest BCUT2D eigenvalue weighted by Gasteiger charge is -2.07. The van der Waals surface area contributed by atoms with Crippen molar-refractivity contribution >= 4 is 10.1 Å². The first-order valence-electron chi connectivity index (χ1n) is 3.84. The number of aliphatic hydroxyl groups is 1. The van der Waals surface area contributed by atoms with Gasteiger partial charge in [0, 0.05) is 5.56 Å². The summed E-state index contributed by atoms with van der Waals surface area (Å²) in [6.45, 7) is 0. The summed E-state index contributed by atoms with van der Waals surface area (Å²) in [5, 5.41) is 9.06. The van der Waals surface area contributed by atoms with Crippen LogP contribution in [0.3, 0.4) is 0 Å². The highest BCUT2D eigenvalue weighted by Crippen LogP contribution is 2.23. The van der Waals surface area contributed by atoms with E-state index in [4.69, 9.17) is 9.66 Å². The maximum absolute atomic E-state index is 12.1. The number of hydrogen-bond acceptors (Lipinski definition) is 3. The minimum atomic E-state index is -4.62. The smallest absolute Gasteiger partial charge is 0.296 e. The van der Waals surface area contributed by atoms with Gasteiger partial charge in [-0.05, 0) is 5.56 Å². The number of rotatable bonds is 3. The second-order valence-corrected chi connectivity index (χ2v) is 4.31. The molecular formula is C8H8F2O4S. The first-order chi connectivity index (χ1) is 6.82. The van der Waals surface area contributed by atoms with Crippen LogP contribution in [0.4, 0.5) is 8.78 Å². The van der Waals surface area contributed by atoms with Crippen molar-refractivity contribution < 1.29 is 26.9 Å². The monoisotopic (exact) mass is 238 g/mol. The molecule has 0 aliphatic rings. The SMILES string of the molecule is O=S(=O)(O)C(O)c1ccc(C(F)F)cc1. The van der Waals surface area contributed by atoms with Gasteiger partial charge in [0.25, 0.3) is 16.5 Å². The van der Waals surface area contributed by atoms with E-state index in [2.05, 4.69) is 0 Å². The van der Waals surface area contributed by atoms with Crippen LogP contribution in [0.2, 0.25) is 0 Å². The zero-order valence-corrected chi connectivity index (χ0v) is 8.16. The van der Waals surface area contributed by atoms with Gasteiger partial charge in [-0.15, -0.1) is 0 Å². The van der Waals surface area contributed by atoms with Crippen molar-refractivity contribution in [2.45, 2.75) is 11.9 Å². The van der Waals surface area contributed by atoms with Crippen LogP contribution < -0.4 is 0 Å². The molecule has 0 fully saturated rings. The standard InChI is InChI=1S/C8H8F2O4S/c9-7(10)5-1-3-6(4-2-5)8(11)15(12,13)14/h1-4,7-8,11H,(H,12,13,14). The lowest BCUT2D eigenvalue weighted by atomic mass is 10.1. The highest BCUT2D eigenvalue weighted by atomic mass is 32.2. The first kappa shape index (κ1) is 12.0. The maximum Gasteiger partial charge on any atom is 0.296 e. The predicted octanol–water partition coefficient (Wildman–Crippen LogP) is 1.50. The summed E-state index contributed by atoms with van der Waals surface area (Å²) in [6, 6.07) is 3.99. The van der Waals surface area contributed by atoms with Crippen LogP contribution in [0.25, 0.3) is 0 Å². The van der Waals surface area contributed by atoms with E-state index in [-0.39, 0.29) is 11.1 Å². The summed E-state index contributed by atoms with van der Waals surface area (Å²) in [5.41, 5.74) is -2.56. The van der Waals surface area contributed by atoms with Crippen molar-refractivity contribution in [3.05, 3.63) is 35.4 Å². The van der Waals surface area contributed by atoms with Crippen LogP contribution >= 0.6 is 0 Å². The third-order valence-corrected chi connectivity index (χ3v) is 2.59. The quantitative estimate of drug-likeness (QED) is 0.782. The molecule has 15 heavy (non-hydrogen) atoms. The van der Waals surface area contributed by atoms with E-state index in [9.17, 15) is 17.2 Å². The number of halogens is 2. The Labute approximate surface area is 84.9 Å². The van der Waals surface area contributed by atoms with Crippen LogP contribution in [0, 0.1) is 0 Å². The lowest BCUT2D eigenvalue weighted by molar-refractivity contribution is 0.151. The Morgan fingerprint density at radius 1 is 1.07 bits per heavy atom. The van der Waals surface area contributed by atoms with E-state index < -0.39 is 22.0 Å². The van der Waals surface area contributed by atoms with E-state index in [0.29, 0.717) is 0 Å². The number of hydrogen-bond donors (Lipinski definition) is 2. The fourth-order valence-electron chi connectivity index (χ4n) is 0.978. The van der Waals surface area contributed by atoms with Crippen molar-refractivity contribution in [1.29, 1.82) is 0 Å². The molecule has 0 aromatic heterocycles. The van der Waals surface area contributed by atoms with Crippen molar-refractivity contribution in [2.75, 3.05) is 0 Å². The van der Waals surface area contributed by atoms with E-state index in [1.807, 2.05) is 0 Å². The Bertz CT molecular complexity index is 426. The van der Waals surface area contributed by atoms with Gasteiger partial charge < -0.3 is 5.11 Å². The van der Waals surface area contributed by atoms with E-state index >= 15 is 0 Å². The van der Waals surface area contributed by atoms with Gasteiger partial charge >= 0.3 is 0 Å². The zero-order valence-electron chi connectivity index (χ0n) is 7.34. The molecule has 2 N–H and O–H groups in total. The molecule has 0 spiro atoms. The van der Waals surface area contributed by atoms with Crippen LogP contribution in [-0.4, -0.2) is 18.1 Å². The van der Waals surface area contributed by atoms with E-state index in [0.717, 1.165) is 24.3 Å². The molecule has 1 unspecified atom stereocenters. The van der Waals surface area contributed by atoms with Crippen LogP contribution in [-0.2, 0) is 10.1 Å². The molecule has 0 aliphatic carbocycles. The molecule has 1 atom stereocenters. The Morgan fingerprint density at radius 2 is 1.47 bits per heavy atom. The lowest BCUT2D eigenvalue weighted by Crippen LogP contribution is -2.11. The summed E-state index contributed by atoms with van der Waals surface area (Å²) in [5.74, 6) is 0. The summed E-state index contributed by atoms with van der Waals surface area (Å²) in [6.07, 6.45) is -2.66. The Hall–Kier alpha value is -1.05. The average molecular weight is 238 g/mol. The summed E-state index contributed by atoms with van der Waals surface area (Å²) in [4.78, 5) is 0. The zero-order chi connectivity index (χ0) is 11.6. The van der Waals surface area contributed by atoms with Crippen molar-refractivity contribution in [2.24, 2.45) is 0 Å². The molecule has 1 rings (SSSR count). The number of alkyl halides is 2. The fourth-order valence-corrected chi connectivity index (χ4v) is 1.48. The highest BCUT2D eigenvalue weighted by molar-refractivity contribution is 7.85. The molecule has 1 aromatic carbocycles. The Balaban J connectivity index is 3.00. The van der Waals surface area contributed by atoms with Gasteiger partial charge in [0.05, 0.1) is 0 Å². The molecule has 0 heterocycles. The van der Waals surface area contributed by atoms with E-state index in [1.165, 1.54) is 0 Å². The molecule has 1 aromatic rings. The van der Waals surface area contributed by atoms with Gasteiger partial charge in [0.2, 0.25) is 5.44 Å². The van der Waals surface area contributed by atoms with Gasteiger partial charge in [-0.2, -0.15) is 8.42 Å². The second-order valence-electron chi connectivity index (χ2n) is 2.83. The summed E-state index contributed by atoms with van der Waals surface area (Å²) >= 11 is 0. The van der Waals surface area contributed by atoms with Crippen molar-refractivity contribution in [3.63, 3.8) is 0 Å². The molecule has 0 aliphatic heterocycles. The number of aliphatic hydroxyl groups excluding tert-OH is 1. The maximum atomic E-state index is 12.1. The third-order valence-electron chi connectivity index (χ3n) is 1.76. The minimum absolute atomic E-state index is 0.165. The number of benzene rings is 1. The van der Waals surface area contributed by atoms with Gasteiger partial charge in [0.15, 0.2) is 0 Å². The molecule has 4 nitrogen and oxygen atoms in total. The van der Waals surface area contributed by atoms with E-state index in [1.54, 1.807) is 0 Å². The van der Waals surface area contributed by atoms with Gasteiger partial charge in [-0.1, -0.05) is 24.3 Å². The van der Waals surface area contributed by atoms with Crippen LogP contribution in [0.5, 0.6) is 0 Å². The minimum Gasteiger partial charge on any atom is -0.371 e. The second kappa shape index (κ2) is 4.21. The molecule has 0 saturated carbocycles. The third kappa shape index (κ3) is 2.95. The van der Waals surface area contributed by atoms with Crippen LogP contribution in [0.1, 0.15) is 23.0 Å². The molecule has 7 heteroatoms. The topological polar surface area (TPSA) is 74.6 Å². The van der Waals surface area contributed by atoms with Gasteiger partial charge in [-0.3, -0.25) is 4.55 Å². The molecule has 84 valence electrons. The van der Waals surface area contributed by atoms with Crippen molar-refractivity contribution in [3.8, 4) is 0 Å².